The highest BCUT2D eigenvalue weighted by atomic mass is 15.1. The summed E-state index contributed by atoms with van der Waals surface area (Å²) in [5, 5.41) is 7.47. The first-order chi connectivity index (χ1) is 28.8. The molecule has 0 fully saturated rings. The van der Waals surface area contributed by atoms with E-state index in [0.29, 0.717) is 0 Å². The van der Waals surface area contributed by atoms with Crippen molar-refractivity contribution in [1.82, 2.24) is 4.57 Å². The predicted molar refractivity (Wildman–Crippen MR) is 248 cm³/mol. The van der Waals surface area contributed by atoms with Crippen LogP contribution < -0.4 is 4.90 Å². The molecule has 0 atom stereocenters. The summed E-state index contributed by atoms with van der Waals surface area (Å²) in [7, 11) is 0. The SMILES string of the molecule is C1=CCCC(c2ccc(-c3ccc(N(c4ccc5c6c7ccccc7ccc6n(-c6cccc7ccccc67)c5c4)c4ccccc4-c4ccccc4)cc3)cc2)=C1. The molecule has 274 valence electrons. The maximum atomic E-state index is 2.48. The first kappa shape index (κ1) is 33.9. The van der Waals surface area contributed by atoms with E-state index in [9.17, 15) is 0 Å². The lowest BCUT2D eigenvalue weighted by molar-refractivity contribution is 1.05. The fraction of sp³-hybridized carbons (Fsp3) is 0.0357. The summed E-state index contributed by atoms with van der Waals surface area (Å²) >= 11 is 0. The second kappa shape index (κ2) is 14.3. The van der Waals surface area contributed by atoms with E-state index >= 15 is 0 Å². The van der Waals surface area contributed by atoms with E-state index in [-0.39, 0.29) is 0 Å². The molecular weight excluding hydrogens is 701 g/mol. The molecule has 1 heterocycles. The lowest BCUT2D eigenvalue weighted by Gasteiger charge is -2.28. The molecule has 58 heavy (non-hydrogen) atoms. The van der Waals surface area contributed by atoms with Gasteiger partial charge >= 0.3 is 0 Å². The highest BCUT2D eigenvalue weighted by Crippen LogP contribution is 2.45. The molecule has 0 saturated carbocycles. The van der Waals surface area contributed by atoms with E-state index in [1.807, 2.05) is 0 Å². The Morgan fingerprint density at radius 1 is 0.431 bits per heavy atom. The van der Waals surface area contributed by atoms with Gasteiger partial charge in [0.2, 0.25) is 0 Å². The van der Waals surface area contributed by atoms with Crippen molar-refractivity contribution in [3.05, 3.63) is 224 Å². The van der Waals surface area contributed by atoms with Crippen LogP contribution in [0.2, 0.25) is 0 Å². The molecule has 0 aliphatic heterocycles. The van der Waals surface area contributed by atoms with Gasteiger partial charge in [-0.2, -0.15) is 0 Å². The van der Waals surface area contributed by atoms with Gasteiger partial charge in [-0.15, -0.1) is 0 Å². The van der Waals surface area contributed by atoms with Gasteiger partial charge in [0.25, 0.3) is 0 Å². The zero-order chi connectivity index (χ0) is 38.4. The van der Waals surface area contributed by atoms with Gasteiger partial charge in [0.1, 0.15) is 0 Å². The van der Waals surface area contributed by atoms with E-state index in [2.05, 4.69) is 228 Å². The van der Waals surface area contributed by atoms with Crippen molar-refractivity contribution in [3.63, 3.8) is 0 Å². The van der Waals surface area contributed by atoms with Crippen molar-refractivity contribution >= 4 is 66.0 Å². The molecule has 1 aliphatic rings. The summed E-state index contributed by atoms with van der Waals surface area (Å²) in [5.41, 5.74) is 14.3. The lowest BCUT2D eigenvalue weighted by atomic mass is 9.95. The van der Waals surface area contributed by atoms with E-state index in [1.54, 1.807) is 0 Å². The van der Waals surface area contributed by atoms with Gasteiger partial charge in [-0.3, -0.25) is 0 Å². The fourth-order valence-corrected chi connectivity index (χ4v) is 9.06. The molecule has 2 nitrogen and oxygen atoms in total. The Bertz CT molecular complexity index is 3200. The average molecular weight is 741 g/mol. The maximum absolute atomic E-state index is 2.48. The second-order valence-corrected chi connectivity index (χ2v) is 15.2. The molecule has 0 bridgehead atoms. The number of benzene rings is 9. The summed E-state index contributed by atoms with van der Waals surface area (Å²) in [6.07, 6.45) is 8.86. The van der Waals surface area contributed by atoms with E-state index in [4.69, 9.17) is 0 Å². The Hall–Kier alpha value is -7.42. The van der Waals surface area contributed by atoms with Gasteiger partial charge in [-0.25, -0.2) is 0 Å². The van der Waals surface area contributed by atoms with E-state index in [1.165, 1.54) is 82.4 Å². The zero-order valence-corrected chi connectivity index (χ0v) is 32.1. The highest BCUT2D eigenvalue weighted by Gasteiger charge is 2.21. The van der Waals surface area contributed by atoms with Crippen LogP contribution in [0.5, 0.6) is 0 Å². The number of anilines is 3. The average Bonchev–Trinajstić information content (AvgIpc) is 3.64. The van der Waals surface area contributed by atoms with Crippen molar-refractivity contribution in [2.24, 2.45) is 0 Å². The third-order valence-electron chi connectivity index (χ3n) is 11.9. The van der Waals surface area contributed by atoms with Crippen LogP contribution in [-0.2, 0) is 0 Å². The van der Waals surface area contributed by atoms with Crippen LogP contribution in [0.1, 0.15) is 18.4 Å². The molecule has 0 saturated heterocycles. The molecule has 0 unspecified atom stereocenters. The molecule has 11 rings (SSSR count). The maximum Gasteiger partial charge on any atom is 0.0562 e. The normalized spacial score (nSPS) is 12.7. The standard InChI is InChI=1S/C56H40N2/c1-3-14-39(15-4-1)40-26-28-41(29-27-40)42-30-33-46(34-31-42)57(52-24-12-11-22-48(52)43-16-5-2-6-17-43)47-35-36-51-55(38-47)58(53-25-13-20-44-18-7-9-21-49(44)53)54-37-32-45-19-8-10-23-50(45)56(51)54/h1-3,5-14,16-38H,4,15H2. The van der Waals surface area contributed by atoms with Gasteiger partial charge in [-0.05, 0) is 99.3 Å². The minimum Gasteiger partial charge on any atom is -0.310 e. The molecule has 1 aliphatic carbocycles. The topological polar surface area (TPSA) is 8.17 Å². The number of fused-ring (bicyclic) bond motifs is 6. The molecule has 0 radical (unpaired) electrons. The molecule has 10 aromatic rings. The van der Waals surface area contributed by atoms with Gasteiger partial charge < -0.3 is 9.47 Å². The van der Waals surface area contributed by atoms with Gasteiger partial charge in [-0.1, -0.05) is 176 Å². The molecular formula is C56H40N2. The van der Waals surface area contributed by atoms with E-state index in [0.717, 1.165) is 29.9 Å². The summed E-state index contributed by atoms with van der Waals surface area (Å²) in [5.74, 6) is 0. The minimum atomic E-state index is 1.09. The van der Waals surface area contributed by atoms with Crippen LogP contribution in [0.4, 0.5) is 17.1 Å². The zero-order valence-electron chi connectivity index (χ0n) is 32.1. The first-order valence-electron chi connectivity index (χ1n) is 20.2. The minimum absolute atomic E-state index is 1.09. The molecule has 0 N–H and O–H groups in total. The number of para-hydroxylation sites is 1. The Morgan fingerprint density at radius 2 is 1.09 bits per heavy atom. The summed E-state index contributed by atoms with van der Waals surface area (Å²) in [6, 6.07) is 73.4. The third-order valence-corrected chi connectivity index (χ3v) is 11.9. The van der Waals surface area contributed by atoms with Gasteiger partial charge in [0.05, 0.1) is 22.4 Å². The van der Waals surface area contributed by atoms with Crippen LogP contribution in [0.25, 0.3) is 76.9 Å². The van der Waals surface area contributed by atoms with E-state index < -0.39 is 0 Å². The Labute approximate surface area is 338 Å². The van der Waals surface area contributed by atoms with Crippen LogP contribution >= 0.6 is 0 Å². The molecule has 0 spiro atoms. The summed E-state index contributed by atoms with van der Waals surface area (Å²) in [6.45, 7) is 0. The molecule has 9 aromatic carbocycles. The van der Waals surface area contributed by atoms with Crippen LogP contribution in [0.3, 0.4) is 0 Å². The van der Waals surface area contributed by atoms with Crippen molar-refractivity contribution in [3.8, 4) is 27.9 Å². The van der Waals surface area contributed by atoms with Crippen molar-refractivity contribution in [2.45, 2.75) is 12.8 Å². The summed E-state index contributed by atoms with van der Waals surface area (Å²) < 4.78 is 2.48. The Morgan fingerprint density at radius 3 is 1.88 bits per heavy atom. The smallest absolute Gasteiger partial charge is 0.0562 e. The highest BCUT2D eigenvalue weighted by molar-refractivity contribution is 6.22. The number of aromatic nitrogens is 1. The largest absolute Gasteiger partial charge is 0.310 e. The Balaban J connectivity index is 1.12. The van der Waals surface area contributed by atoms with Crippen molar-refractivity contribution in [2.75, 3.05) is 4.90 Å². The first-order valence-corrected chi connectivity index (χ1v) is 20.2. The number of nitrogens with zero attached hydrogens (tertiary/aromatic N) is 2. The Kier molecular flexibility index (Phi) is 8.33. The number of rotatable bonds is 7. The fourth-order valence-electron chi connectivity index (χ4n) is 9.06. The van der Waals surface area contributed by atoms with Crippen molar-refractivity contribution in [1.29, 1.82) is 0 Å². The van der Waals surface area contributed by atoms with Crippen LogP contribution in [0, 0.1) is 0 Å². The molecule has 1 aromatic heterocycles. The lowest BCUT2D eigenvalue weighted by Crippen LogP contribution is -2.11. The van der Waals surface area contributed by atoms with Crippen molar-refractivity contribution < 1.29 is 0 Å². The molecule has 0 amide bonds. The molecule has 2 heteroatoms. The summed E-state index contributed by atoms with van der Waals surface area (Å²) in [4.78, 5) is 2.43. The number of hydrogen-bond donors (Lipinski definition) is 0. The van der Waals surface area contributed by atoms with Crippen LogP contribution in [0.15, 0.2) is 218 Å². The number of hydrogen-bond acceptors (Lipinski definition) is 1. The second-order valence-electron chi connectivity index (χ2n) is 15.2. The monoisotopic (exact) mass is 740 g/mol. The quantitative estimate of drug-likeness (QED) is 0.158. The van der Waals surface area contributed by atoms with Gasteiger partial charge in [0.15, 0.2) is 0 Å². The predicted octanol–water partition coefficient (Wildman–Crippen LogP) is 15.6. The van der Waals surface area contributed by atoms with Gasteiger partial charge in [0, 0.05) is 33.1 Å². The number of allylic oxidation sites excluding steroid dienone is 4. The third kappa shape index (κ3) is 5.81. The van der Waals surface area contributed by atoms with Crippen LogP contribution in [-0.4, -0.2) is 4.57 Å².